The molecule has 1 rings (SSSR count). The first-order valence-corrected chi connectivity index (χ1v) is 5.94. The summed E-state index contributed by atoms with van der Waals surface area (Å²) in [5.74, 6) is 2.87. The smallest absolute Gasteiger partial charge is 0.0349 e. The standard InChI is InChI=1S/C13H26/c1-6-11(3)12-7-10(2)8-13(4,5)9-12/h10-12H,6-9H2,1-5H3. The van der Waals surface area contributed by atoms with Crippen molar-refractivity contribution in [3.8, 4) is 0 Å². The van der Waals surface area contributed by atoms with Gasteiger partial charge in [0.2, 0.25) is 0 Å². The zero-order chi connectivity index (χ0) is 10.1. The van der Waals surface area contributed by atoms with Crippen LogP contribution in [0.3, 0.4) is 0 Å². The Morgan fingerprint density at radius 2 is 1.92 bits per heavy atom. The van der Waals surface area contributed by atoms with E-state index >= 15 is 0 Å². The first-order valence-electron chi connectivity index (χ1n) is 5.94. The molecule has 78 valence electrons. The molecule has 0 nitrogen and oxygen atoms in total. The molecule has 0 aromatic heterocycles. The summed E-state index contributed by atoms with van der Waals surface area (Å²) in [6.07, 6.45) is 5.71. The molecule has 0 spiro atoms. The molecule has 1 aliphatic carbocycles. The van der Waals surface area contributed by atoms with Crippen LogP contribution in [0.1, 0.15) is 60.3 Å². The highest BCUT2D eigenvalue weighted by Crippen LogP contribution is 2.44. The molecule has 1 fully saturated rings. The second-order valence-electron chi connectivity index (χ2n) is 6.06. The van der Waals surface area contributed by atoms with Gasteiger partial charge in [-0.3, -0.25) is 0 Å². The average Bonchev–Trinajstić information content (AvgIpc) is 1.99. The average molecular weight is 182 g/mol. The second kappa shape index (κ2) is 4.02. The fraction of sp³-hybridized carbons (Fsp3) is 1.00. The van der Waals surface area contributed by atoms with Crippen LogP contribution in [-0.4, -0.2) is 0 Å². The molecule has 0 aromatic rings. The molecule has 1 saturated carbocycles. The predicted octanol–water partition coefficient (Wildman–Crippen LogP) is 4.49. The van der Waals surface area contributed by atoms with Crippen molar-refractivity contribution in [1.82, 2.24) is 0 Å². The summed E-state index contributed by atoms with van der Waals surface area (Å²) >= 11 is 0. The maximum absolute atomic E-state index is 2.44. The lowest BCUT2D eigenvalue weighted by atomic mass is 9.64. The van der Waals surface area contributed by atoms with E-state index in [4.69, 9.17) is 0 Å². The summed E-state index contributed by atoms with van der Waals surface area (Å²) in [6.45, 7) is 12.1. The highest BCUT2D eigenvalue weighted by Gasteiger charge is 2.33. The fourth-order valence-corrected chi connectivity index (χ4v) is 3.19. The minimum atomic E-state index is 0.603. The van der Waals surface area contributed by atoms with Gasteiger partial charge in [0, 0.05) is 0 Å². The van der Waals surface area contributed by atoms with Crippen LogP contribution in [0.5, 0.6) is 0 Å². The summed E-state index contributed by atoms with van der Waals surface area (Å²) in [7, 11) is 0. The fourth-order valence-electron chi connectivity index (χ4n) is 3.19. The van der Waals surface area contributed by atoms with Gasteiger partial charge in [-0.1, -0.05) is 41.0 Å². The summed E-state index contributed by atoms with van der Waals surface area (Å²) in [5.41, 5.74) is 0.603. The number of rotatable bonds is 2. The molecule has 0 heteroatoms. The Bertz CT molecular complexity index is 157. The van der Waals surface area contributed by atoms with Crippen LogP contribution in [0.25, 0.3) is 0 Å². The zero-order valence-corrected chi connectivity index (χ0v) is 10.1. The predicted molar refractivity (Wildman–Crippen MR) is 59.7 cm³/mol. The van der Waals surface area contributed by atoms with Crippen molar-refractivity contribution >= 4 is 0 Å². The van der Waals surface area contributed by atoms with Crippen LogP contribution < -0.4 is 0 Å². The van der Waals surface area contributed by atoms with Crippen LogP contribution in [0.4, 0.5) is 0 Å². The van der Waals surface area contributed by atoms with Gasteiger partial charge < -0.3 is 0 Å². The number of hydrogen-bond donors (Lipinski definition) is 0. The largest absolute Gasteiger partial charge is 0.0651 e. The van der Waals surface area contributed by atoms with Gasteiger partial charge in [0.15, 0.2) is 0 Å². The van der Waals surface area contributed by atoms with Crippen molar-refractivity contribution in [2.75, 3.05) is 0 Å². The molecule has 0 aliphatic heterocycles. The lowest BCUT2D eigenvalue weighted by molar-refractivity contribution is 0.0986. The van der Waals surface area contributed by atoms with Crippen molar-refractivity contribution < 1.29 is 0 Å². The Labute approximate surface area is 84.1 Å². The molecule has 3 atom stereocenters. The maximum Gasteiger partial charge on any atom is -0.0349 e. The van der Waals surface area contributed by atoms with E-state index in [0.717, 1.165) is 17.8 Å². The molecule has 0 N–H and O–H groups in total. The van der Waals surface area contributed by atoms with E-state index in [2.05, 4.69) is 34.6 Å². The van der Waals surface area contributed by atoms with Crippen LogP contribution in [-0.2, 0) is 0 Å². The molecule has 0 saturated heterocycles. The second-order valence-corrected chi connectivity index (χ2v) is 6.06. The molecule has 0 aromatic carbocycles. The van der Waals surface area contributed by atoms with E-state index in [1.54, 1.807) is 0 Å². The van der Waals surface area contributed by atoms with E-state index in [-0.39, 0.29) is 0 Å². The Morgan fingerprint density at radius 1 is 1.31 bits per heavy atom. The third-order valence-corrected chi connectivity index (χ3v) is 3.87. The lowest BCUT2D eigenvalue weighted by Crippen LogP contribution is -2.30. The molecule has 0 bridgehead atoms. The van der Waals surface area contributed by atoms with Crippen LogP contribution in [0, 0.1) is 23.2 Å². The van der Waals surface area contributed by atoms with Crippen molar-refractivity contribution in [2.24, 2.45) is 23.2 Å². The Kier molecular flexibility index (Phi) is 3.43. The highest BCUT2D eigenvalue weighted by molar-refractivity contribution is 4.84. The molecule has 1 aliphatic rings. The molecule has 0 amide bonds. The summed E-state index contributed by atoms with van der Waals surface area (Å²) in [4.78, 5) is 0. The first-order chi connectivity index (χ1) is 5.94. The Morgan fingerprint density at radius 3 is 2.38 bits per heavy atom. The topological polar surface area (TPSA) is 0 Å². The summed E-state index contributed by atoms with van der Waals surface area (Å²) in [5, 5.41) is 0. The maximum atomic E-state index is 2.44. The van der Waals surface area contributed by atoms with Gasteiger partial charge >= 0.3 is 0 Å². The minimum absolute atomic E-state index is 0.603. The van der Waals surface area contributed by atoms with E-state index < -0.39 is 0 Å². The van der Waals surface area contributed by atoms with E-state index in [1.807, 2.05) is 0 Å². The van der Waals surface area contributed by atoms with Gasteiger partial charge in [0.1, 0.15) is 0 Å². The zero-order valence-electron chi connectivity index (χ0n) is 10.1. The normalized spacial score (nSPS) is 35.8. The lowest BCUT2D eigenvalue weighted by Gasteiger charge is -2.41. The van der Waals surface area contributed by atoms with Gasteiger partial charge in [0.05, 0.1) is 0 Å². The third-order valence-electron chi connectivity index (χ3n) is 3.87. The third kappa shape index (κ3) is 3.00. The van der Waals surface area contributed by atoms with Crippen molar-refractivity contribution in [3.05, 3.63) is 0 Å². The van der Waals surface area contributed by atoms with E-state index in [1.165, 1.54) is 25.7 Å². The first kappa shape index (κ1) is 11.1. The summed E-state index contributed by atoms with van der Waals surface area (Å²) in [6, 6.07) is 0. The van der Waals surface area contributed by atoms with Gasteiger partial charge in [0.25, 0.3) is 0 Å². The molecule has 0 heterocycles. The SMILES string of the molecule is CCC(C)C1CC(C)CC(C)(C)C1. The molecule has 0 radical (unpaired) electrons. The van der Waals surface area contributed by atoms with Gasteiger partial charge in [-0.15, -0.1) is 0 Å². The highest BCUT2D eigenvalue weighted by atomic mass is 14.4. The minimum Gasteiger partial charge on any atom is -0.0651 e. The molecular formula is C13H26. The summed E-state index contributed by atoms with van der Waals surface area (Å²) < 4.78 is 0. The van der Waals surface area contributed by atoms with Gasteiger partial charge in [-0.2, -0.15) is 0 Å². The van der Waals surface area contributed by atoms with Crippen molar-refractivity contribution in [1.29, 1.82) is 0 Å². The molecule has 3 unspecified atom stereocenters. The van der Waals surface area contributed by atoms with Crippen molar-refractivity contribution in [3.63, 3.8) is 0 Å². The molecule has 13 heavy (non-hydrogen) atoms. The van der Waals surface area contributed by atoms with Gasteiger partial charge in [-0.25, -0.2) is 0 Å². The van der Waals surface area contributed by atoms with E-state index in [0.29, 0.717) is 5.41 Å². The van der Waals surface area contributed by atoms with Gasteiger partial charge in [-0.05, 0) is 42.4 Å². The van der Waals surface area contributed by atoms with Crippen molar-refractivity contribution in [2.45, 2.75) is 60.3 Å². The monoisotopic (exact) mass is 182 g/mol. The van der Waals surface area contributed by atoms with Crippen LogP contribution in [0.15, 0.2) is 0 Å². The Hall–Kier alpha value is 0. The van der Waals surface area contributed by atoms with E-state index in [9.17, 15) is 0 Å². The quantitative estimate of drug-likeness (QED) is 0.590. The Balaban J connectivity index is 2.57. The number of hydrogen-bond acceptors (Lipinski definition) is 0. The molecular weight excluding hydrogens is 156 g/mol. The van der Waals surface area contributed by atoms with Crippen LogP contribution in [0.2, 0.25) is 0 Å². The van der Waals surface area contributed by atoms with Crippen LogP contribution >= 0.6 is 0 Å².